The number of nitrogens with one attached hydrogen (secondary N) is 1. The first kappa shape index (κ1) is 15.2. The maximum absolute atomic E-state index is 12.3. The topological polar surface area (TPSA) is 85.8 Å². The monoisotopic (exact) mass is 287 g/mol. The Labute approximate surface area is 124 Å². The van der Waals surface area contributed by atoms with Gasteiger partial charge in [0.1, 0.15) is 0 Å². The molecule has 21 heavy (non-hydrogen) atoms. The number of amides is 1. The molecule has 1 amide bonds. The lowest BCUT2D eigenvalue weighted by Gasteiger charge is -2.15. The van der Waals surface area contributed by atoms with Crippen LogP contribution in [0.3, 0.4) is 0 Å². The van der Waals surface area contributed by atoms with Gasteiger partial charge in [-0.2, -0.15) is 0 Å². The first-order chi connectivity index (χ1) is 10.0. The van der Waals surface area contributed by atoms with Crippen LogP contribution in [0.1, 0.15) is 41.4 Å². The number of aryl methyl sites for hydroxylation is 1. The predicted molar refractivity (Wildman–Crippen MR) is 82.3 cm³/mol. The van der Waals surface area contributed by atoms with Crippen molar-refractivity contribution in [2.75, 3.05) is 11.9 Å². The van der Waals surface area contributed by atoms with Gasteiger partial charge in [-0.1, -0.05) is 37.3 Å². The van der Waals surface area contributed by atoms with Gasteiger partial charge in [-0.3, -0.25) is 9.48 Å². The van der Waals surface area contributed by atoms with Crippen molar-refractivity contribution in [3.63, 3.8) is 0 Å². The van der Waals surface area contributed by atoms with Gasteiger partial charge in [-0.25, -0.2) is 0 Å². The van der Waals surface area contributed by atoms with Crippen LogP contribution in [0.15, 0.2) is 24.4 Å². The lowest BCUT2D eigenvalue weighted by atomic mass is 9.98. The fourth-order valence-corrected chi connectivity index (χ4v) is 2.16. The largest absolute Gasteiger partial charge is 0.329 e. The average Bonchev–Trinajstić information content (AvgIpc) is 2.90. The Hall–Kier alpha value is -2.21. The van der Waals surface area contributed by atoms with Crippen LogP contribution >= 0.6 is 0 Å². The molecule has 0 aliphatic carbocycles. The van der Waals surface area contributed by atoms with Crippen molar-refractivity contribution < 1.29 is 4.79 Å². The van der Waals surface area contributed by atoms with E-state index in [9.17, 15) is 4.79 Å². The van der Waals surface area contributed by atoms with E-state index in [1.54, 1.807) is 10.9 Å². The number of rotatable bonds is 5. The molecular weight excluding hydrogens is 266 g/mol. The van der Waals surface area contributed by atoms with Crippen LogP contribution in [-0.2, 0) is 6.54 Å². The van der Waals surface area contributed by atoms with Crippen LogP contribution in [0.25, 0.3) is 0 Å². The molecule has 1 aromatic carbocycles. The van der Waals surface area contributed by atoms with E-state index < -0.39 is 0 Å². The first-order valence-corrected chi connectivity index (χ1v) is 7.04. The van der Waals surface area contributed by atoms with Gasteiger partial charge < -0.3 is 11.1 Å². The molecule has 0 fully saturated rings. The zero-order chi connectivity index (χ0) is 15.4. The van der Waals surface area contributed by atoms with E-state index >= 15 is 0 Å². The summed E-state index contributed by atoms with van der Waals surface area (Å²) in [6.45, 7) is 7.18. The second-order valence-electron chi connectivity index (χ2n) is 5.30. The minimum atomic E-state index is -0.255. The van der Waals surface area contributed by atoms with Crippen molar-refractivity contribution in [1.82, 2.24) is 15.0 Å². The molecule has 0 bridgehead atoms. The van der Waals surface area contributed by atoms with Crippen molar-refractivity contribution in [3.05, 3.63) is 41.2 Å². The van der Waals surface area contributed by atoms with Crippen LogP contribution in [0.5, 0.6) is 0 Å². The average molecular weight is 287 g/mol. The minimum absolute atomic E-state index is 0.255. The maximum atomic E-state index is 12.3. The number of para-hydroxylation sites is 1. The highest BCUT2D eigenvalue weighted by Gasteiger charge is 2.15. The molecule has 0 aliphatic rings. The Balaban J connectivity index is 2.23. The van der Waals surface area contributed by atoms with Crippen LogP contribution in [0, 0.1) is 6.92 Å². The van der Waals surface area contributed by atoms with Crippen molar-refractivity contribution in [3.8, 4) is 0 Å². The third-order valence-corrected chi connectivity index (χ3v) is 3.30. The van der Waals surface area contributed by atoms with Gasteiger partial charge in [-0.15, -0.1) is 5.10 Å². The Bertz CT molecular complexity index is 633. The maximum Gasteiger partial charge on any atom is 0.277 e. The van der Waals surface area contributed by atoms with Gasteiger partial charge in [0.25, 0.3) is 5.91 Å². The summed E-state index contributed by atoms with van der Waals surface area (Å²) in [5.41, 5.74) is 8.74. The molecule has 0 atom stereocenters. The fourth-order valence-electron chi connectivity index (χ4n) is 2.16. The molecule has 2 aromatic rings. The van der Waals surface area contributed by atoms with E-state index in [0.29, 0.717) is 24.7 Å². The van der Waals surface area contributed by atoms with E-state index in [4.69, 9.17) is 5.73 Å². The molecule has 2 rings (SSSR count). The molecule has 1 aromatic heterocycles. The summed E-state index contributed by atoms with van der Waals surface area (Å²) in [7, 11) is 0. The van der Waals surface area contributed by atoms with Gasteiger partial charge >= 0.3 is 0 Å². The smallest absolute Gasteiger partial charge is 0.277 e. The molecule has 0 saturated carbocycles. The van der Waals surface area contributed by atoms with Crippen molar-refractivity contribution in [2.45, 2.75) is 33.2 Å². The molecule has 0 saturated heterocycles. The van der Waals surface area contributed by atoms with Gasteiger partial charge in [0.2, 0.25) is 0 Å². The standard InChI is InChI=1S/C15H21N5O/c1-10(2)12-6-4-5-11(3)14(12)17-15(21)13-9-20(8-7-16)19-18-13/h4-6,9-10H,7-8,16H2,1-3H3,(H,17,21). The summed E-state index contributed by atoms with van der Waals surface area (Å²) in [4.78, 5) is 12.3. The normalized spacial score (nSPS) is 10.9. The van der Waals surface area contributed by atoms with E-state index in [1.165, 1.54) is 0 Å². The Morgan fingerprint density at radius 3 is 2.86 bits per heavy atom. The van der Waals surface area contributed by atoms with Crippen LogP contribution in [-0.4, -0.2) is 27.4 Å². The number of aromatic nitrogens is 3. The summed E-state index contributed by atoms with van der Waals surface area (Å²) in [5, 5.41) is 10.7. The number of nitrogens with zero attached hydrogens (tertiary/aromatic N) is 3. The second-order valence-corrected chi connectivity index (χ2v) is 5.30. The van der Waals surface area contributed by atoms with Crippen molar-refractivity contribution in [2.24, 2.45) is 5.73 Å². The van der Waals surface area contributed by atoms with Gasteiger partial charge in [0, 0.05) is 12.2 Å². The third-order valence-electron chi connectivity index (χ3n) is 3.30. The number of carbonyl (C=O) groups excluding carboxylic acids is 1. The summed E-state index contributed by atoms with van der Waals surface area (Å²) >= 11 is 0. The number of anilines is 1. The quantitative estimate of drug-likeness (QED) is 0.879. The number of hydrogen-bond acceptors (Lipinski definition) is 4. The molecule has 0 aliphatic heterocycles. The molecule has 0 unspecified atom stereocenters. The lowest BCUT2D eigenvalue weighted by Crippen LogP contribution is -2.15. The molecule has 3 N–H and O–H groups in total. The van der Waals surface area contributed by atoms with E-state index in [0.717, 1.165) is 16.8 Å². The van der Waals surface area contributed by atoms with Gasteiger partial charge in [-0.05, 0) is 24.0 Å². The summed E-state index contributed by atoms with van der Waals surface area (Å²) in [6, 6.07) is 6.00. The predicted octanol–water partition coefficient (Wildman–Crippen LogP) is 1.92. The first-order valence-electron chi connectivity index (χ1n) is 7.04. The molecule has 0 spiro atoms. The van der Waals surface area contributed by atoms with Gasteiger partial charge in [0.15, 0.2) is 5.69 Å². The van der Waals surface area contributed by atoms with E-state index in [1.807, 2.05) is 25.1 Å². The molecule has 0 radical (unpaired) electrons. The number of nitrogens with two attached hydrogens (primary N) is 1. The number of hydrogen-bond donors (Lipinski definition) is 2. The SMILES string of the molecule is Cc1cccc(C(C)C)c1NC(=O)c1cn(CCN)nn1. The Morgan fingerprint density at radius 2 is 2.19 bits per heavy atom. The Morgan fingerprint density at radius 1 is 1.43 bits per heavy atom. The zero-order valence-corrected chi connectivity index (χ0v) is 12.6. The number of benzene rings is 1. The fraction of sp³-hybridized carbons (Fsp3) is 0.400. The molecule has 6 heteroatoms. The van der Waals surface area contributed by atoms with Crippen molar-refractivity contribution >= 4 is 11.6 Å². The molecule has 112 valence electrons. The molecule has 1 heterocycles. The summed E-state index contributed by atoms with van der Waals surface area (Å²) < 4.78 is 1.57. The third kappa shape index (κ3) is 3.46. The van der Waals surface area contributed by atoms with Crippen LogP contribution in [0.2, 0.25) is 0 Å². The minimum Gasteiger partial charge on any atom is -0.329 e. The highest BCUT2D eigenvalue weighted by atomic mass is 16.2. The molecule has 6 nitrogen and oxygen atoms in total. The lowest BCUT2D eigenvalue weighted by molar-refractivity contribution is 0.102. The summed E-state index contributed by atoms with van der Waals surface area (Å²) in [5.74, 6) is 0.0718. The summed E-state index contributed by atoms with van der Waals surface area (Å²) in [6.07, 6.45) is 1.61. The Kier molecular flexibility index (Phi) is 4.70. The highest BCUT2D eigenvalue weighted by Crippen LogP contribution is 2.27. The second kappa shape index (κ2) is 6.49. The van der Waals surface area contributed by atoms with Gasteiger partial charge in [0.05, 0.1) is 12.7 Å². The molecular formula is C15H21N5O. The number of carbonyl (C=O) groups is 1. The van der Waals surface area contributed by atoms with Crippen LogP contribution < -0.4 is 11.1 Å². The van der Waals surface area contributed by atoms with Crippen LogP contribution in [0.4, 0.5) is 5.69 Å². The highest BCUT2D eigenvalue weighted by molar-refractivity contribution is 6.03. The van der Waals surface area contributed by atoms with Crippen molar-refractivity contribution in [1.29, 1.82) is 0 Å². The van der Waals surface area contributed by atoms with E-state index in [2.05, 4.69) is 29.5 Å². The van der Waals surface area contributed by atoms with E-state index in [-0.39, 0.29) is 5.91 Å². The zero-order valence-electron chi connectivity index (χ0n) is 12.6.